The molecule has 18 nitrogen and oxygen atoms in total. The number of esters is 1. The molecule has 0 bridgehead atoms. The van der Waals surface area contributed by atoms with Crippen LogP contribution in [0.15, 0.2) is 273 Å². The van der Waals surface area contributed by atoms with Gasteiger partial charge in [0.1, 0.15) is 58.0 Å². The summed E-state index contributed by atoms with van der Waals surface area (Å²) < 4.78 is 329. The van der Waals surface area contributed by atoms with Gasteiger partial charge in [0.2, 0.25) is 0 Å². The smallest absolute Gasteiger partial charge is 0.497 e. The Hall–Kier alpha value is -14.6. The number of alkyl halides is 19. The van der Waals surface area contributed by atoms with E-state index in [-0.39, 0.29) is 65.7 Å². The molecule has 6 N–H and O–H groups in total. The molecule has 6 amide bonds. The van der Waals surface area contributed by atoms with E-state index in [2.05, 4.69) is 62.2 Å². The summed E-state index contributed by atoms with van der Waals surface area (Å²) in [5.74, 6) is -9.95. The number of amides is 6. The summed E-state index contributed by atoms with van der Waals surface area (Å²) in [6, 6.07) is 54.4. The molecule has 2 atom stereocenters. The van der Waals surface area contributed by atoms with E-state index in [1.54, 1.807) is 91.0 Å². The zero-order valence-corrected chi connectivity index (χ0v) is 74.7. The molecule has 0 radical (unpaired) electrons. The summed E-state index contributed by atoms with van der Waals surface area (Å²) in [6.07, 6.45) is -29.2. The van der Waals surface area contributed by atoms with E-state index < -0.39 is 172 Å². The molecule has 141 heavy (non-hydrogen) atoms. The van der Waals surface area contributed by atoms with Crippen molar-refractivity contribution in [1.82, 2.24) is 31.9 Å². The molecule has 12 rings (SSSR count). The lowest BCUT2D eigenvalue weighted by atomic mass is 9.77. The van der Waals surface area contributed by atoms with Crippen molar-refractivity contribution in [3.8, 4) is 28.7 Å². The highest BCUT2D eigenvalue weighted by Crippen LogP contribution is 2.45. The Labute approximate surface area is 793 Å². The van der Waals surface area contributed by atoms with Gasteiger partial charge in [-0.25, -0.2) is 27.6 Å². The van der Waals surface area contributed by atoms with E-state index in [4.69, 9.17) is 9.47 Å². The fraction of sp³-hybridized carbons (Fsp3) is 0.277. The van der Waals surface area contributed by atoms with Gasteiger partial charge in [-0.1, -0.05) is 222 Å². The average Bonchev–Trinajstić information content (AvgIpc) is 0.751. The number of halogens is 22. The van der Waals surface area contributed by atoms with Crippen LogP contribution in [-0.2, 0) is 62.9 Å². The first kappa shape index (κ1) is 108. The van der Waals surface area contributed by atoms with E-state index in [1.165, 1.54) is 87.0 Å². The van der Waals surface area contributed by atoms with Crippen LogP contribution in [0.3, 0.4) is 0 Å². The van der Waals surface area contributed by atoms with Crippen LogP contribution in [0.4, 0.5) is 106 Å². The molecule has 0 spiro atoms. The SMILES string of the molecule is C=C(OC)c1ccc(CNC(=O)NC(Cc2ccccc2)(c2cccc(OC(F)(F)F)c2)c2cccc(OC(F)(F)F)c2)cc1.CCCCNC(=O)c1cc(C(Cc2ccccc2)(NC(=O)c2ccc(F)c(C(F)(F)F)c2)c2cc(F)cc(OC(F)(F)C(F)F)c2)ccc1F.COC(=O)[C@H](CC1CCCCC1)NC(=O)NC(Cc1ccccc1)(c1cccc(OC(F)(F)F)c1)c1cccc(OC(F)(F)F)c1. The second-order valence-corrected chi connectivity index (χ2v) is 32.1. The number of hydrogen-bond donors (Lipinski definition) is 6. The van der Waals surface area contributed by atoms with E-state index >= 15 is 8.78 Å². The maximum Gasteiger partial charge on any atom is 0.573 e. The molecule has 0 heterocycles. The lowest BCUT2D eigenvalue weighted by molar-refractivity contribution is -0.275. The van der Waals surface area contributed by atoms with Crippen molar-refractivity contribution in [3.05, 3.63) is 369 Å². The van der Waals surface area contributed by atoms with Gasteiger partial charge < -0.3 is 65.1 Å². The predicted molar refractivity (Wildman–Crippen MR) is 472 cm³/mol. The van der Waals surface area contributed by atoms with Gasteiger partial charge in [-0.15, -0.1) is 52.7 Å². The van der Waals surface area contributed by atoms with Crippen LogP contribution in [0.2, 0.25) is 0 Å². The Morgan fingerprint density at radius 3 is 1.23 bits per heavy atom. The molecule has 750 valence electrons. The number of urea groups is 2. The van der Waals surface area contributed by atoms with Gasteiger partial charge >= 0.3 is 62.2 Å². The van der Waals surface area contributed by atoms with Gasteiger partial charge in [0.15, 0.2) is 0 Å². The largest absolute Gasteiger partial charge is 0.573 e. The lowest BCUT2D eigenvalue weighted by Gasteiger charge is -2.37. The molecule has 1 fully saturated rings. The van der Waals surface area contributed by atoms with Crippen LogP contribution >= 0.6 is 0 Å². The fourth-order valence-electron chi connectivity index (χ4n) is 15.7. The van der Waals surface area contributed by atoms with Crippen LogP contribution in [0.1, 0.15) is 146 Å². The molecule has 0 aromatic heterocycles. The van der Waals surface area contributed by atoms with Crippen LogP contribution < -0.4 is 55.6 Å². The van der Waals surface area contributed by atoms with Gasteiger partial charge in [-0.3, -0.25) is 9.59 Å². The van der Waals surface area contributed by atoms with Crippen molar-refractivity contribution < 1.29 is 154 Å². The van der Waals surface area contributed by atoms with Gasteiger partial charge in [0.05, 0.1) is 42.0 Å². The molecule has 11 aromatic carbocycles. The molecular weight excluding hydrogens is 1910 g/mol. The average molecular weight is 2000 g/mol. The Balaban J connectivity index is 0.000000218. The molecule has 1 aliphatic rings. The number of nitrogens with one attached hydrogen (secondary N) is 6. The lowest BCUT2D eigenvalue weighted by Crippen LogP contribution is -2.55. The van der Waals surface area contributed by atoms with Crippen molar-refractivity contribution >= 4 is 35.6 Å². The van der Waals surface area contributed by atoms with Crippen LogP contribution in [0.25, 0.3) is 5.76 Å². The van der Waals surface area contributed by atoms with Gasteiger partial charge in [0, 0.05) is 49.5 Å². The first-order valence-corrected chi connectivity index (χ1v) is 43.0. The predicted octanol–water partition coefficient (Wildman–Crippen LogP) is 24.7. The Kier molecular flexibility index (Phi) is 36.4. The van der Waals surface area contributed by atoms with Crippen molar-refractivity contribution in [2.75, 3.05) is 20.8 Å². The van der Waals surface area contributed by atoms with Crippen molar-refractivity contribution in [2.24, 2.45) is 5.92 Å². The maximum atomic E-state index is 15.2. The maximum absolute atomic E-state index is 15.2. The van der Waals surface area contributed by atoms with Crippen molar-refractivity contribution in [1.29, 1.82) is 0 Å². The number of methoxy groups -OCH3 is 2. The summed E-state index contributed by atoms with van der Waals surface area (Å²) in [5, 5.41) is 16.0. The van der Waals surface area contributed by atoms with Gasteiger partial charge in [-0.05, 0) is 165 Å². The van der Waals surface area contributed by atoms with E-state index in [9.17, 15) is 112 Å². The molecule has 0 aliphatic heterocycles. The highest BCUT2D eigenvalue weighted by atomic mass is 19.4. The summed E-state index contributed by atoms with van der Waals surface area (Å²) in [6.45, 7) is 5.80. The van der Waals surface area contributed by atoms with Crippen LogP contribution in [0.5, 0.6) is 28.7 Å². The van der Waals surface area contributed by atoms with Crippen molar-refractivity contribution in [3.63, 3.8) is 0 Å². The van der Waals surface area contributed by atoms with E-state index in [1.807, 2.05) is 6.92 Å². The molecule has 1 saturated carbocycles. The summed E-state index contributed by atoms with van der Waals surface area (Å²) in [5.41, 5.74) is -6.35. The van der Waals surface area contributed by atoms with Crippen molar-refractivity contribution in [2.45, 2.75) is 151 Å². The summed E-state index contributed by atoms with van der Waals surface area (Å²) >= 11 is 0. The third kappa shape index (κ3) is 31.4. The Morgan fingerprint density at radius 1 is 0.397 bits per heavy atom. The number of benzene rings is 11. The number of hydrogen-bond acceptors (Lipinski definition) is 12. The number of rotatable bonds is 35. The second kappa shape index (κ2) is 47.4. The minimum atomic E-state index is -5.23. The minimum Gasteiger partial charge on any atom is -0.497 e. The zero-order chi connectivity index (χ0) is 103. The highest BCUT2D eigenvalue weighted by Gasteiger charge is 2.48. The van der Waals surface area contributed by atoms with E-state index in [0.717, 1.165) is 104 Å². The molecular formula is C101H90F22N6O12. The zero-order valence-electron chi connectivity index (χ0n) is 74.7. The van der Waals surface area contributed by atoms with E-state index in [0.29, 0.717) is 77.6 Å². The normalized spacial score (nSPS) is 13.3. The monoisotopic (exact) mass is 2000 g/mol. The highest BCUT2D eigenvalue weighted by molar-refractivity contribution is 5.97. The number of ether oxygens (including phenoxy) is 7. The molecule has 0 saturated heterocycles. The third-order valence-electron chi connectivity index (χ3n) is 22.1. The Bertz CT molecular complexity index is 5930. The third-order valence-corrected chi connectivity index (χ3v) is 22.1. The standard InChI is InChI=1S/C35H28F10N2O3.C33H34F6N2O5.C33H28F6N2O4/c1-2-3-13-46-31(49)26-17-22(10-12-28(26)37)33(19-20-7-5-4-6-8-20,23-15-24(36)18-25(16-23)50-35(44,45)32(39)40)47-30(48)21-9-11-29(38)27(14-21)34(41,42)43;1-44-29(42)28(18-22-10-4-2-5-11-22)40-30(43)41-31(21-23-12-6-3-7-13-23,24-14-8-16-26(19-24)45-32(34,35)36)25-15-9-17-27(20-25)46-33(37,38)39;1-22(43-2)25-16-14-24(15-17-25)21-40-30(42)41-31(20-23-8-4-3-5-9-23,26-10-6-12-28(18-26)44-32(34,35)36)27-11-7-13-29(19-27)45-33(37,38)39/h4-12,14-18,32H,2-3,13,19H2,1H3,(H,46,49)(H,47,48);3,6-9,12-17,19-20,22,28H,2,4-5,10-11,18,21H2,1H3,(H2,40,41,43);3-19H,1,20-21H2,2H3,(H2,40,41,42)/t;28-;/m.0./s1. The quantitative estimate of drug-likeness (QED) is 0.00945. The van der Waals surface area contributed by atoms with Gasteiger partial charge in [-0.2, -0.15) is 30.7 Å². The number of carbonyl (C=O) groups excluding carboxylic acids is 5. The molecule has 11 aromatic rings. The number of carbonyl (C=O) groups is 5. The van der Waals surface area contributed by atoms with Gasteiger partial charge in [0.25, 0.3) is 11.8 Å². The fourth-order valence-corrected chi connectivity index (χ4v) is 15.7. The Morgan fingerprint density at radius 2 is 0.816 bits per heavy atom. The van der Waals surface area contributed by atoms with Crippen LogP contribution in [-0.4, -0.2) is 94.6 Å². The second-order valence-electron chi connectivity index (χ2n) is 32.1. The molecule has 40 heteroatoms. The first-order valence-electron chi connectivity index (χ1n) is 43.0. The molecule has 1 unspecified atom stereocenters. The first-order chi connectivity index (χ1) is 66.5. The summed E-state index contributed by atoms with van der Waals surface area (Å²) in [7, 11) is 2.67. The molecule has 1 aliphatic carbocycles. The minimum absolute atomic E-state index is 0.0431. The number of unbranched alkanes of at least 4 members (excludes halogenated alkanes) is 1. The van der Waals surface area contributed by atoms with Crippen LogP contribution in [0, 0.1) is 23.4 Å². The topological polar surface area (TPSA) is 222 Å². The summed E-state index contributed by atoms with van der Waals surface area (Å²) in [4.78, 5) is 67.0.